The van der Waals surface area contributed by atoms with Crippen molar-refractivity contribution in [2.45, 2.75) is 23.3 Å². The highest BCUT2D eigenvalue weighted by Gasteiger charge is 2.40. The van der Waals surface area contributed by atoms with Gasteiger partial charge in [0.1, 0.15) is 10.6 Å². The summed E-state index contributed by atoms with van der Waals surface area (Å²) in [5, 5.41) is 11.6. The molecule has 0 saturated carbocycles. The smallest absolute Gasteiger partial charge is 0.246 e. The van der Waals surface area contributed by atoms with Crippen LogP contribution >= 0.6 is 11.6 Å². The molecule has 1 atom stereocenters. The second-order valence-electron chi connectivity index (χ2n) is 5.99. The van der Waals surface area contributed by atoms with Gasteiger partial charge in [0.2, 0.25) is 20.0 Å². The van der Waals surface area contributed by atoms with Gasteiger partial charge in [-0.15, -0.1) is 0 Å². The maximum absolute atomic E-state index is 13.0. The van der Waals surface area contributed by atoms with Crippen LogP contribution in [0.4, 0.5) is 0 Å². The largest absolute Gasteiger partial charge is 0.495 e. The van der Waals surface area contributed by atoms with E-state index in [1.807, 2.05) is 0 Å². The standard InChI is InChI=1S/C15H21ClN2O6S2/c1-3-25(20,21)17-10-15(19)7-4-8-18(11-15)26(22,23)14-9-12(16)5-6-13(14)24-2/h3,5-6,9,17,19H,1,4,7-8,10-11H2,2H3. The highest BCUT2D eigenvalue weighted by atomic mass is 35.5. The van der Waals surface area contributed by atoms with Crippen LogP contribution in [0.5, 0.6) is 5.75 Å². The first-order chi connectivity index (χ1) is 12.0. The third-order valence-electron chi connectivity index (χ3n) is 4.09. The van der Waals surface area contributed by atoms with Gasteiger partial charge < -0.3 is 9.84 Å². The van der Waals surface area contributed by atoms with Crippen LogP contribution in [0.3, 0.4) is 0 Å². The average Bonchev–Trinajstić information content (AvgIpc) is 2.60. The third-order valence-corrected chi connectivity index (χ3v) is 7.17. The molecule has 26 heavy (non-hydrogen) atoms. The molecule has 1 unspecified atom stereocenters. The molecule has 1 heterocycles. The van der Waals surface area contributed by atoms with Crippen molar-refractivity contribution in [1.29, 1.82) is 0 Å². The van der Waals surface area contributed by atoms with Crippen LogP contribution in [0, 0.1) is 0 Å². The van der Waals surface area contributed by atoms with E-state index in [0.29, 0.717) is 6.42 Å². The Morgan fingerprint density at radius 1 is 1.42 bits per heavy atom. The summed E-state index contributed by atoms with van der Waals surface area (Å²) in [6, 6.07) is 4.24. The molecule has 8 nitrogen and oxygen atoms in total. The summed E-state index contributed by atoms with van der Waals surface area (Å²) in [4.78, 5) is -0.108. The fraction of sp³-hybridized carbons (Fsp3) is 0.467. The summed E-state index contributed by atoms with van der Waals surface area (Å²) >= 11 is 5.92. The normalized spacial score (nSPS) is 22.1. The molecular formula is C15H21ClN2O6S2. The van der Waals surface area contributed by atoms with E-state index in [4.69, 9.17) is 16.3 Å². The molecule has 1 aromatic carbocycles. The Kier molecular flexibility index (Phi) is 6.36. The fourth-order valence-corrected chi connectivity index (χ4v) is 5.27. The van der Waals surface area contributed by atoms with Crippen molar-refractivity contribution < 1.29 is 26.7 Å². The van der Waals surface area contributed by atoms with Crippen LogP contribution in [-0.4, -0.2) is 58.6 Å². The van der Waals surface area contributed by atoms with Gasteiger partial charge in [0, 0.05) is 30.1 Å². The van der Waals surface area contributed by atoms with E-state index in [2.05, 4.69) is 11.3 Å². The summed E-state index contributed by atoms with van der Waals surface area (Å²) in [5.74, 6) is 0.135. The molecule has 1 fully saturated rings. The Balaban J connectivity index is 2.28. The second kappa shape index (κ2) is 7.83. The quantitative estimate of drug-likeness (QED) is 0.673. The summed E-state index contributed by atoms with van der Waals surface area (Å²) in [6.45, 7) is 2.79. The number of piperidine rings is 1. The minimum Gasteiger partial charge on any atom is -0.495 e. The Morgan fingerprint density at radius 2 is 2.12 bits per heavy atom. The number of aliphatic hydroxyl groups is 1. The molecule has 2 rings (SSSR count). The third kappa shape index (κ3) is 4.76. The number of hydrogen-bond donors (Lipinski definition) is 2. The number of nitrogens with one attached hydrogen (secondary N) is 1. The molecule has 1 saturated heterocycles. The zero-order valence-electron chi connectivity index (χ0n) is 14.2. The maximum atomic E-state index is 13.0. The second-order valence-corrected chi connectivity index (χ2v) is 10.0. The molecule has 1 aliphatic rings. The molecular weight excluding hydrogens is 404 g/mol. The van der Waals surface area contributed by atoms with Crippen molar-refractivity contribution in [2.24, 2.45) is 0 Å². The van der Waals surface area contributed by atoms with Gasteiger partial charge in [-0.3, -0.25) is 0 Å². The van der Waals surface area contributed by atoms with Gasteiger partial charge >= 0.3 is 0 Å². The molecule has 1 aromatic rings. The number of ether oxygens (including phenoxy) is 1. The Morgan fingerprint density at radius 3 is 2.73 bits per heavy atom. The van der Waals surface area contributed by atoms with Crippen LogP contribution in [0.2, 0.25) is 5.02 Å². The predicted molar refractivity (Wildman–Crippen MR) is 98.1 cm³/mol. The highest BCUT2D eigenvalue weighted by molar-refractivity contribution is 7.92. The van der Waals surface area contributed by atoms with Crippen LogP contribution in [-0.2, 0) is 20.0 Å². The zero-order chi connectivity index (χ0) is 19.6. The lowest BCUT2D eigenvalue weighted by Crippen LogP contribution is -2.55. The minimum atomic E-state index is -3.99. The van der Waals surface area contributed by atoms with E-state index in [1.165, 1.54) is 25.3 Å². The lowest BCUT2D eigenvalue weighted by molar-refractivity contribution is -0.00245. The van der Waals surface area contributed by atoms with Gasteiger partial charge in [-0.1, -0.05) is 18.2 Å². The molecule has 0 aliphatic carbocycles. The molecule has 0 aromatic heterocycles. The van der Waals surface area contributed by atoms with E-state index in [-0.39, 0.29) is 41.7 Å². The van der Waals surface area contributed by atoms with Crippen LogP contribution in [0.25, 0.3) is 0 Å². The number of halogens is 1. The summed E-state index contributed by atoms with van der Waals surface area (Å²) < 4.78 is 57.4. The molecule has 146 valence electrons. The number of sulfonamides is 2. The predicted octanol–water partition coefficient (Wildman–Crippen LogP) is 0.927. The minimum absolute atomic E-state index is 0.108. The fourth-order valence-electron chi connectivity index (χ4n) is 2.71. The number of β-amino-alcohol motifs (C(OH)–C–C–N with tert-alkyl or cyclic N) is 1. The molecule has 2 N–H and O–H groups in total. The summed E-state index contributed by atoms with van der Waals surface area (Å²) in [6.07, 6.45) is 0.625. The number of rotatable bonds is 7. The molecule has 0 spiro atoms. The zero-order valence-corrected chi connectivity index (χ0v) is 16.6. The summed E-state index contributed by atoms with van der Waals surface area (Å²) in [7, 11) is -6.38. The lowest BCUT2D eigenvalue weighted by atomic mass is 9.95. The monoisotopic (exact) mass is 424 g/mol. The van der Waals surface area contributed by atoms with Crippen LogP contribution in [0.1, 0.15) is 12.8 Å². The SMILES string of the molecule is C=CS(=O)(=O)NCC1(O)CCCN(S(=O)(=O)c2cc(Cl)ccc2OC)C1. The average molecular weight is 425 g/mol. The topological polar surface area (TPSA) is 113 Å². The van der Waals surface area contributed by atoms with E-state index in [9.17, 15) is 21.9 Å². The van der Waals surface area contributed by atoms with Gasteiger partial charge in [-0.2, -0.15) is 4.31 Å². The number of nitrogens with zero attached hydrogens (tertiary/aromatic N) is 1. The van der Waals surface area contributed by atoms with Crippen molar-refractivity contribution in [3.8, 4) is 5.75 Å². The Hall–Kier alpha value is -1.17. The lowest BCUT2D eigenvalue weighted by Gasteiger charge is -2.38. The molecule has 0 bridgehead atoms. The maximum Gasteiger partial charge on any atom is 0.246 e. The van der Waals surface area contributed by atoms with Gasteiger partial charge in [-0.25, -0.2) is 21.6 Å². The van der Waals surface area contributed by atoms with Crippen LogP contribution in [0.15, 0.2) is 35.1 Å². The van der Waals surface area contributed by atoms with E-state index < -0.39 is 25.6 Å². The van der Waals surface area contributed by atoms with E-state index in [0.717, 1.165) is 9.71 Å². The first-order valence-electron chi connectivity index (χ1n) is 7.71. The van der Waals surface area contributed by atoms with Crippen molar-refractivity contribution in [1.82, 2.24) is 9.03 Å². The van der Waals surface area contributed by atoms with Gasteiger partial charge in [0.15, 0.2) is 0 Å². The summed E-state index contributed by atoms with van der Waals surface area (Å²) in [5.41, 5.74) is -1.53. The molecule has 1 aliphatic heterocycles. The van der Waals surface area contributed by atoms with Gasteiger partial charge in [-0.05, 0) is 31.0 Å². The van der Waals surface area contributed by atoms with Crippen molar-refractivity contribution in [3.05, 3.63) is 35.2 Å². The van der Waals surface area contributed by atoms with Crippen molar-refractivity contribution in [3.63, 3.8) is 0 Å². The first kappa shape index (κ1) is 21.1. The van der Waals surface area contributed by atoms with Crippen LogP contribution < -0.4 is 9.46 Å². The highest BCUT2D eigenvalue weighted by Crippen LogP contribution is 2.32. The molecule has 0 radical (unpaired) electrons. The van der Waals surface area contributed by atoms with E-state index in [1.54, 1.807) is 0 Å². The number of hydrogen-bond acceptors (Lipinski definition) is 6. The Labute approximate surface area is 158 Å². The molecule has 11 heteroatoms. The number of benzene rings is 1. The van der Waals surface area contributed by atoms with Gasteiger partial charge in [0.05, 0.1) is 12.7 Å². The first-order valence-corrected chi connectivity index (χ1v) is 11.1. The number of methoxy groups -OCH3 is 1. The molecule has 0 amide bonds. The van der Waals surface area contributed by atoms with Gasteiger partial charge in [0.25, 0.3) is 0 Å². The van der Waals surface area contributed by atoms with Crippen molar-refractivity contribution >= 4 is 31.6 Å². The Bertz CT molecular complexity index is 887. The van der Waals surface area contributed by atoms with E-state index >= 15 is 0 Å². The van der Waals surface area contributed by atoms with Crippen molar-refractivity contribution in [2.75, 3.05) is 26.7 Å².